The third-order valence-electron chi connectivity index (χ3n) is 2.60. The van der Waals surface area contributed by atoms with Crippen molar-refractivity contribution in [2.24, 2.45) is 5.92 Å². The van der Waals surface area contributed by atoms with Crippen molar-refractivity contribution in [2.45, 2.75) is 19.3 Å². The largest absolute Gasteiger partial charge is 0.382 e. The molecule has 1 aromatic heterocycles. The molecule has 0 aromatic carbocycles. The maximum Gasteiger partial charge on any atom is 0.223 e. The number of amides is 1. The van der Waals surface area contributed by atoms with Crippen molar-refractivity contribution in [1.82, 2.24) is 15.5 Å². The molecule has 2 rings (SSSR count). The lowest BCUT2D eigenvalue weighted by Gasteiger charge is -2.21. The quantitative estimate of drug-likeness (QED) is 0.720. The Balaban J connectivity index is 2.01. The van der Waals surface area contributed by atoms with Crippen LogP contribution in [0.1, 0.15) is 18.5 Å². The highest BCUT2D eigenvalue weighted by atomic mass is 16.1. The predicted molar refractivity (Wildman–Crippen MR) is 55.9 cm³/mol. The second-order valence-electron chi connectivity index (χ2n) is 3.78. The summed E-state index contributed by atoms with van der Waals surface area (Å²) in [7, 11) is 0. The fraction of sp³-hybridized carbons (Fsp3) is 0.500. The summed E-state index contributed by atoms with van der Waals surface area (Å²) in [5, 5.41) is 10.6. The number of hydrogen-bond donors (Lipinski definition) is 2. The summed E-state index contributed by atoms with van der Waals surface area (Å²) < 4.78 is 0. The van der Waals surface area contributed by atoms with Gasteiger partial charge < -0.3 is 11.1 Å². The second-order valence-corrected chi connectivity index (χ2v) is 3.78. The number of nitrogens with zero attached hydrogens (tertiary/aromatic N) is 2. The van der Waals surface area contributed by atoms with Gasteiger partial charge in [-0.15, -0.1) is 5.10 Å². The number of piperidine rings is 1. The van der Waals surface area contributed by atoms with Gasteiger partial charge in [0.15, 0.2) is 0 Å². The van der Waals surface area contributed by atoms with Crippen molar-refractivity contribution in [3.8, 4) is 0 Å². The summed E-state index contributed by atoms with van der Waals surface area (Å²) in [5.74, 6) is 0.573. The monoisotopic (exact) mass is 206 g/mol. The third-order valence-corrected chi connectivity index (χ3v) is 2.60. The number of rotatable bonds is 2. The summed E-state index contributed by atoms with van der Waals surface area (Å²) in [6, 6.07) is 3.54. The summed E-state index contributed by atoms with van der Waals surface area (Å²) in [4.78, 5) is 11.5. The van der Waals surface area contributed by atoms with E-state index in [1.54, 1.807) is 6.07 Å². The molecule has 2 heterocycles. The van der Waals surface area contributed by atoms with Crippen LogP contribution in [0.5, 0.6) is 0 Å². The molecule has 1 amide bonds. The average molecular weight is 206 g/mol. The Morgan fingerprint density at radius 3 is 3.00 bits per heavy atom. The van der Waals surface area contributed by atoms with E-state index in [0.29, 0.717) is 12.2 Å². The Kier molecular flexibility index (Phi) is 2.80. The smallest absolute Gasteiger partial charge is 0.223 e. The summed E-state index contributed by atoms with van der Waals surface area (Å²) in [6.07, 6.45) is 2.62. The van der Waals surface area contributed by atoms with Crippen molar-refractivity contribution in [3.63, 3.8) is 0 Å². The molecule has 1 aromatic rings. The van der Waals surface area contributed by atoms with Crippen LogP contribution in [0.25, 0.3) is 0 Å². The number of anilines is 1. The minimum absolute atomic E-state index is 0.0386. The molecule has 1 fully saturated rings. The summed E-state index contributed by atoms with van der Waals surface area (Å²) in [6.45, 7) is 0.794. The molecule has 3 N–H and O–H groups in total. The fourth-order valence-electron chi connectivity index (χ4n) is 1.76. The highest BCUT2D eigenvalue weighted by molar-refractivity contribution is 5.79. The number of nitrogens with one attached hydrogen (secondary N) is 1. The van der Waals surface area contributed by atoms with Crippen LogP contribution in [0, 0.1) is 5.92 Å². The lowest BCUT2D eigenvalue weighted by Crippen LogP contribution is -2.37. The molecule has 5 heteroatoms. The lowest BCUT2D eigenvalue weighted by atomic mass is 9.94. The van der Waals surface area contributed by atoms with Gasteiger partial charge in [0, 0.05) is 18.9 Å². The van der Waals surface area contributed by atoms with E-state index in [9.17, 15) is 4.79 Å². The van der Waals surface area contributed by atoms with Crippen molar-refractivity contribution >= 4 is 11.7 Å². The first kappa shape index (κ1) is 9.89. The molecule has 0 bridgehead atoms. The van der Waals surface area contributed by atoms with Gasteiger partial charge in [0.05, 0.1) is 5.69 Å². The van der Waals surface area contributed by atoms with Gasteiger partial charge in [0.1, 0.15) is 5.82 Å². The normalized spacial score (nSPS) is 21.1. The van der Waals surface area contributed by atoms with Crippen molar-refractivity contribution in [1.29, 1.82) is 0 Å². The Labute approximate surface area is 88.1 Å². The molecule has 1 atom stereocenters. The first-order valence-electron chi connectivity index (χ1n) is 5.11. The van der Waals surface area contributed by atoms with Crippen LogP contribution in [-0.2, 0) is 11.2 Å². The van der Waals surface area contributed by atoms with Crippen LogP contribution in [0.15, 0.2) is 12.1 Å². The predicted octanol–water partition coefficient (Wildman–Crippen LogP) is 0.127. The van der Waals surface area contributed by atoms with Gasteiger partial charge in [-0.2, -0.15) is 5.10 Å². The first-order chi connectivity index (χ1) is 7.25. The van der Waals surface area contributed by atoms with Gasteiger partial charge in [-0.1, -0.05) is 0 Å². The molecule has 80 valence electrons. The van der Waals surface area contributed by atoms with Crippen LogP contribution in [0.4, 0.5) is 5.82 Å². The fourth-order valence-corrected chi connectivity index (χ4v) is 1.76. The van der Waals surface area contributed by atoms with E-state index in [1.807, 2.05) is 6.07 Å². The Morgan fingerprint density at radius 1 is 1.47 bits per heavy atom. The Hall–Kier alpha value is -1.65. The zero-order valence-corrected chi connectivity index (χ0v) is 8.44. The van der Waals surface area contributed by atoms with Crippen LogP contribution >= 0.6 is 0 Å². The highest BCUT2D eigenvalue weighted by Gasteiger charge is 2.22. The Bertz CT molecular complexity index is 349. The zero-order chi connectivity index (χ0) is 10.7. The SMILES string of the molecule is Nc1ccc(C[C@@H]2CCCNC2=O)nn1. The van der Waals surface area contributed by atoms with Crippen LogP contribution in [0.2, 0.25) is 0 Å². The van der Waals surface area contributed by atoms with E-state index in [4.69, 9.17) is 5.73 Å². The standard InChI is InChI=1S/C10H14N4O/c11-9-4-3-8(13-14-9)6-7-2-1-5-12-10(7)15/h3-4,7H,1-2,5-6H2,(H2,11,14)(H,12,15)/t7-/m0/s1. The molecule has 0 unspecified atom stereocenters. The van der Waals surface area contributed by atoms with Gasteiger partial charge in [-0.25, -0.2) is 0 Å². The van der Waals surface area contributed by atoms with Crippen molar-refractivity contribution in [2.75, 3.05) is 12.3 Å². The zero-order valence-electron chi connectivity index (χ0n) is 8.44. The molecule has 5 nitrogen and oxygen atoms in total. The molecule has 1 saturated heterocycles. The van der Waals surface area contributed by atoms with Crippen molar-refractivity contribution < 1.29 is 4.79 Å². The number of carbonyl (C=O) groups is 1. The van der Waals surface area contributed by atoms with E-state index < -0.39 is 0 Å². The molecule has 0 spiro atoms. The molecular weight excluding hydrogens is 192 g/mol. The number of hydrogen-bond acceptors (Lipinski definition) is 4. The molecule has 0 saturated carbocycles. The van der Waals surface area contributed by atoms with Crippen LogP contribution < -0.4 is 11.1 Å². The molecule has 0 aliphatic carbocycles. The minimum Gasteiger partial charge on any atom is -0.382 e. The van der Waals surface area contributed by atoms with Gasteiger partial charge >= 0.3 is 0 Å². The van der Waals surface area contributed by atoms with Gasteiger partial charge in [-0.05, 0) is 25.0 Å². The van der Waals surface area contributed by atoms with E-state index in [1.165, 1.54) is 0 Å². The molecular formula is C10H14N4O. The summed E-state index contributed by atoms with van der Waals surface area (Å²) >= 11 is 0. The Morgan fingerprint density at radius 2 is 2.33 bits per heavy atom. The maximum atomic E-state index is 11.5. The lowest BCUT2D eigenvalue weighted by molar-refractivity contribution is -0.126. The maximum absolute atomic E-state index is 11.5. The number of nitrogens with two attached hydrogens (primary N) is 1. The van der Waals surface area contributed by atoms with Gasteiger partial charge in [0.25, 0.3) is 0 Å². The summed E-state index contributed by atoms with van der Waals surface area (Å²) in [5.41, 5.74) is 6.26. The average Bonchev–Trinajstić information content (AvgIpc) is 2.25. The van der Waals surface area contributed by atoms with Crippen LogP contribution in [-0.4, -0.2) is 22.6 Å². The minimum atomic E-state index is 0.0386. The number of carbonyl (C=O) groups excluding carboxylic acids is 1. The number of nitrogen functional groups attached to an aromatic ring is 1. The molecule has 0 radical (unpaired) electrons. The number of aromatic nitrogens is 2. The highest BCUT2D eigenvalue weighted by Crippen LogP contribution is 2.16. The van der Waals surface area contributed by atoms with Crippen molar-refractivity contribution in [3.05, 3.63) is 17.8 Å². The van der Waals surface area contributed by atoms with Gasteiger partial charge in [0.2, 0.25) is 5.91 Å². The van der Waals surface area contributed by atoms with E-state index in [-0.39, 0.29) is 11.8 Å². The third kappa shape index (κ3) is 2.43. The molecule has 1 aliphatic rings. The van der Waals surface area contributed by atoms with E-state index in [0.717, 1.165) is 25.1 Å². The first-order valence-corrected chi connectivity index (χ1v) is 5.11. The second kappa shape index (κ2) is 4.25. The molecule has 1 aliphatic heterocycles. The topological polar surface area (TPSA) is 80.9 Å². The molecule has 15 heavy (non-hydrogen) atoms. The van der Waals surface area contributed by atoms with Crippen LogP contribution in [0.3, 0.4) is 0 Å². The van der Waals surface area contributed by atoms with Gasteiger partial charge in [-0.3, -0.25) is 4.79 Å². The van der Waals surface area contributed by atoms with E-state index in [2.05, 4.69) is 15.5 Å². The van der Waals surface area contributed by atoms with E-state index >= 15 is 0 Å².